The van der Waals surface area contributed by atoms with Gasteiger partial charge in [0, 0.05) is 6.54 Å². The van der Waals surface area contributed by atoms with Crippen molar-refractivity contribution in [3.63, 3.8) is 0 Å². The fraction of sp³-hybridized carbons (Fsp3) is 0.417. The molecule has 0 aromatic heterocycles. The Morgan fingerprint density at radius 2 is 2.06 bits per heavy atom. The average molecular weight is 219 g/mol. The standard InChI is InChI=1S/C12H15N2O2/c15-11(9-5-1-2-6-9)14-10-7-3-4-8-13-12(10)16/h1-2,5-6,10H,3-4,7-8H2,(H,13,16)(H,14,15). The van der Waals surface area contributed by atoms with Gasteiger partial charge in [0.1, 0.15) is 6.04 Å². The summed E-state index contributed by atoms with van der Waals surface area (Å²) in [4.78, 5) is 23.3. The number of carbonyl (C=O) groups excluding carboxylic acids is 2. The summed E-state index contributed by atoms with van der Waals surface area (Å²) in [7, 11) is 0. The van der Waals surface area contributed by atoms with Crippen molar-refractivity contribution in [2.45, 2.75) is 25.3 Å². The van der Waals surface area contributed by atoms with Gasteiger partial charge in [-0.1, -0.05) is 0 Å². The van der Waals surface area contributed by atoms with Gasteiger partial charge >= 0.3 is 0 Å². The Labute approximate surface area is 96.2 Å². The van der Waals surface area contributed by atoms with E-state index in [9.17, 15) is 9.59 Å². The van der Waals surface area contributed by atoms with E-state index < -0.39 is 0 Å². The monoisotopic (exact) mass is 219 g/mol. The lowest BCUT2D eigenvalue weighted by molar-refractivity contribution is -0.127. The molecule has 85 valence electrons. The number of carbonyl (C=O) groups is 2. The van der Waals surface area contributed by atoms with Gasteiger partial charge in [-0.2, -0.15) is 0 Å². The number of nitrogens with one attached hydrogen (secondary N) is 2. The molecule has 0 aromatic carbocycles. The molecular weight excluding hydrogens is 204 g/mol. The highest BCUT2D eigenvalue weighted by Gasteiger charge is 2.29. The first-order valence-electron chi connectivity index (χ1n) is 5.57. The van der Waals surface area contributed by atoms with Gasteiger partial charge in [-0.15, -0.1) is 0 Å². The third-order valence-corrected chi connectivity index (χ3v) is 2.77. The van der Waals surface area contributed by atoms with Crippen LogP contribution in [-0.4, -0.2) is 24.4 Å². The molecule has 2 N–H and O–H groups in total. The maximum Gasteiger partial charge on any atom is 0.242 e. The third-order valence-electron chi connectivity index (χ3n) is 2.77. The van der Waals surface area contributed by atoms with Crippen molar-refractivity contribution >= 4 is 11.8 Å². The molecule has 2 amide bonds. The van der Waals surface area contributed by atoms with Gasteiger partial charge in [-0.05, 0) is 44.9 Å². The predicted octanol–water partition coefficient (Wildman–Crippen LogP) is 0.177. The molecule has 2 aliphatic rings. The average Bonchev–Trinajstić information content (AvgIpc) is 2.73. The van der Waals surface area contributed by atoms with Crippen LogP contribution < -0.4 is 10.6 Å². The van der Waals surface area contributed by atoms with Gasteiger partial charge in [-0.25, -0.2) is 0 Å². The quantitative estimate of drug-likeness (QED) is 0.696. The predicted molar refractivity (Wildman–Crippen MR) is 59.2 cm³/mol. The molecule has 0 spiro atoms. The van der Waals surface area contributed by atoms with E-state index in [-0.39, 0.29) is 17.9 Å². The topological polar surface area (TPSA) is 58.2 Å². The maximum atomic E-state index is 11.7. The van der Waals surface area contributed by atoms with Gasteiger partial charge in [0.15, 0.2) is 0 Å². The van der Waals surface area contributed by atoms with Crippen LogP contribution in [0, 0.1) is 31.6 Å². The van der Waals surface area contributed by atoms with Crippen LogP contribution >= 0.6 is 0 Å². The molecule has 0 bridgehead atoms. The SMILES string of the molecule is O=C(NC1CCCCNC1=O)[C]1[CH][CH][CH][CH]1. The van der Waals surface area contributed by atoms with Crippen molar-refractivity contribution < 1.29 is 9.59 Å². The number of hydrogen-bond donors (Lipinski definition) is 2. The first-order chi connectivity index (χ1) is 7.77. The zero-order valence-electron chi connectivity index (χ0n) is 9.03. The molecular formula is C12H15N2O2. The molecule has 4 nitrogen and oxygen atoms in total. The molecule has 1 heterocycles. The normalized spacial score (nSPS) is 27.2. The fourth-order valence-electron chi connectivity index (χ4n) is 1.84. The van der Waals surface area contributed by atoms with E-state index >= 15 is 0 Å². The molecule has 0 aromatic rings. The first-order valence-corrected chi connectivity index (χ1v) is 5.57. The lowest BCUT2D eigenvalue weighted by atomic mass is 10.1. The van der Waals surface area contributed by atoms with E-state index in [0.29, 0.717) is 12.5 Å². The van der Waals surface area contributed by atoms with Crippen LogP contribution in [0.25, 0.3) is 0 Å². The highest BCUT2D eigenvalue weighted by atomic mass is 16.2. The summed E-state index contributed by atoms with van der Waals surface area (Å²) in [5, 5.41) is 5.55. The van der Waals surface area contributed by atoms with Crippen molar-refractivity contribution in [1.29, 1.82) is 0 Å². The Morgan fingerprint density at radius 1 is 1.31 bits per heavy atom. The van der Waals surface area contributed by atoms with Crippen molar-refractivity contribution in [2.75, 3.05) is 6.54 Å². The van der Waals surface area contributed by atoms with Crippen LogP contribution in [0.1, 0.15) is 19.3 Å². The molecule has 1 saturated carbocycles. The summed E-state index contributed by atoms with van der Waals surface area (Å²) in [6.07, 6.45) is 9.76. The van der Waals surface area contributed by atoms with Gasteiger partial charge < -0.3 is 10.6 Å². The summed E-state index contributed by atoms with van der Waals surface area (Å²) >= 11 is 0. The van der Waals surface area contributed by atoms with Crippen LogP contribution in [0.15, 0.2) is 0 Å². The van der Waals surface area contributed by atoms with Crippen molar-refractivity contribution in [1.82, 2.24) is 10.6 Å². The van der Waals surface area contributed by atoms with Crippen LogP contribution in [0.4, 0.5) is 0 Å². The smallest absolute Gasteiger partial charge is 0.242 e. The molecule has 1 unspecified atom stereocenters. The van der Waals surface area contributed by atoms with E-state index in [1.807, 2.05) is 12.8 Å². The van der Waals surface area contributed by atoms with Gasteiger partial charge in [0.25, 0.3) is 0 Å². The summed E-state index contributed by atoms with van der Waals surface area (Å²) in [6.45, 7) is 0.710. The first kappa shape index (κ1) is 11.4. The second kappa shape index (κ2) is 5.32. The van der Waals surface area contributed by atoms with Crippen LogP contribution in [0.3, 0.4) is 0 Å². The Kier molecular flexibility index (Phi) is 3.80. The zero-order chi connectivity index (χ0) is 11.4. The van der Waals surface area contributed by atoms with E-state index in [0.717, 1.165) is 19.3 Å². The van der Waals surface area contributed by atoms with Gasteiger partial charge in [0.05, 0.1) is 5.92 Å². The second-order valence-electron chi connectivity index (χ2n) is 3.99. The lowest BCUT2D eigenvalue weighted by Crippen LogP contribution is -2.46. The molecule has 1 atom stereocenters. The summed E-state index contributed by atoms with van der Waals surface area (Å²) in [6, 6.07) is -0.384. The molecule has 5 radical (unpaired) electrons. The minimum absolute atomic E-state index is 0.0718. The van der Waals surface area contributed by atoms with Crippen LogP contribution in [-0.2, 0) is 9.59 Å². The largest absolute Gasteiger partial charge is 0.354 e. The second-order valence-corrected chi connectivity index (χ2v) is 3.99. The minimum Gasteiger partial charge on any atom is -0.354 e. The maximum absolute atomic E-state index is 11.7. The Hall–Kier alpha value is -1.06. The number of rotatable bonds is 2. The Balaban J connectivity index is 1.86. The summed E-state index contributed by atoms with van der Waals surface area (Å²) in [5.74, 6) is 0.363. The van der Waals surface area contributed by atoms with Crippen LogP contribution in [0.2, 0.25) is 0 Å². The number of amides is 2. The van der Waals surface area contributed by atoms with E-state index in [1.165, 1.54) is 0 Å². The molecule has 2 rings (SSSR count). The van der Waals surface area contributed by atoms with Crippen molar-refractivity contribution in [3.8, 4) is 0 Å². The molecule has 1 aliphatic carbocycles. The Bertz CT molecular complexity index is 272. The summed E-state index contributed by atoms with van der Waals surface area (Å²) < 4.78 is 0. The molecule has 2 fully saturated rings. The highest BCUT2D eigenvalue weighted by molar-refractivity contribution is 5.98. The zero-order valence-corrected chi connectivity index (χ0v) is 9.03. The van der Waals surface area contributed by atoms with Gasteiger partial charge in [0.2, 0.25) is 11.8 Å². The van der Waals surface area contributed by atoms with Crippen molar-refractivity contribution in [3.05, 3.63) is 31.6 Å². The number of hydrogen-bond acceptors (Lipinski definition) is 2. The molecule has 1 saturated heterocycles. The highest BCUT2D eigenvalue weighted by Crippen LogP contribution is 2.23. The minimum atomic E-state index is -0.384. The lowest BCUT2D eigenvalue weighted by Gasteiger charge is -2.17. The van der Waals surface area contributed by atoms with E-state index in [1.54, 1.807) is 12.8 Å². The Morgan fingerprint density at radius 3 is 2.81 bits per heavy atom. The van der Waals surface area contributed by atoms with E-state index in [2.05, 4.69) is 10.6 Å². The molecule has 16 heavy (non-hydrogen) atoms. The third kappa shape index (κ3) is 2.74. The molecule has 1 aliphatic heterocycles. The van der Waals surface area contributed by atoms with E-state index in [4.69, 9.17) is 0 Å². The molecule has 4 heteroatoms. The van der Waals surface area contributed by atoms with Crippen molar-refractivity contribution in [2.24, 2.45) is 0 Å². The fourth-order valence-corrected chi connectivity index (χ4v) is 1.84. The van der Waals surface area contributed by atoms with Gasteiger partial charge in [-0.3, -0.25) is 9.59 Å². The van der Waals surface area contributed by atoms with Crippen LogP contribution in [0.5, 0.6) is 0 Å². The summed E-state index contributed by atoms with van der Waals surface area (Å²) in [5.41, 5.74) is 0.